The highest BCUT2D eigenvalue weighted by Gasteiger charge is 2.55. The second kappa shape index (κ2) is 4.20. The van der Waals surface area contributed by atoms with Crippen LogP contribution in [0.2, 0.25) is 0 Å². The molecule has 0 heterocycles. The van der Waals surface area contributed by atoms with Crippen molar-refractivity contribution in [3.8, 4) is 17.6 Å². The van der Waals surface area contributed by atoms with E-state index < -0.39 is 5.41 Å². The molecule has 0 radical (unpaired) electrons. The molecule has 2 atom stereocenters. The van der Waals surface area contributed by atoms with Gasteiger partial charge in [0.05, 0.1) is 25.7 Å². The summed E-state index contributed by atoms with van der Waals surface area (Å²) in [5.41, 5.74) is 2.71. The largest absolute Gasteiger partial charge is 0.496 e. The number of hydrogen-bond acceptors (Lipinski definition) is 3. The molecule has 18 heavy (non-hydrogen) atoms. The Morgan fingerprint density at radius 3 is 2.28 bits per heavy atom. The number of nitrogens with zero attached hydrogens (tertiary/aromatic N) is 1. The molecule has 96 valence electrons. The lowest BCUT2D eigenvalue weighted by molar-refractivity contribution is 0.390. The summed E-state index contributed by atoms with van der Waals surface area (Å²) in [6, 6.07) is 4.42. The van der Waals surface area contributed by atoms with Crippen LogP contribution >= 0.6 is 0 Å². The molecule has 0 N–H and O–H groups in total. The van der Waals surface area contributed by atoms with E-state index in [-0.39, 0.29) is 0 Å². The minimum atomic E-state index is -0.392. The van der Waals surface area contributed by atoms with E-state index in [9.17, 15) is 5.26 Å². The van der Waals surface area contributed by atoms with Gasteiger partial charge < -0.3 is 9.47 Å². The first kappa shape index (κ1) is 12.8. The Hall–Kier alpha value is -1.69. The van der Waals surface area contributed by atoms with Crippen LogP contribution in [0.3, 0.4) is 0 Å². The van der Waals surface area contributed by atoms with Crippen molar-refractivity contribution >= 4 is 0 Å². The Bertz CT molecular complexity index is 530. The summed E-state index contributed by atoms with van der Waals surface area (Å²) in [5, 5.41) is 9.48. The van der Waals surface area contributed by atoms with E-state index in [1.54, 1.807) is 14.2 Å². The number of hydrogen-bond donors (Lipinski definition) is 0. The monoisotopic (exact) mass is 245 g/mol. The summed E-state index contributed by atoms with van der Waals surface area (Å²) in [6.45, 7) is 6.12. The molecule has 1 aliphatic rings. The average Bonchev–Trinajstić information content (AvgIpc) is 3.04. The molecule has 0 amide bonds. The molecule has 2 rings (SSSR count). The topological polar surface area (TPSA) is 42.2 Å². The van der Waals surface area contributed by atoms with Gasteiger partial charge in [-0.25, -0.2) is 0 Å². The fraction of sp³-hybridized carbons (Fsp3) is 0.533. The molecule has 3 nitrogen and oxygen atoms in total. The van der Waals surface area contributed by atoms with E-state index in [4.69, 9.17) is 9.47 Å². The first-order chi connectivity index (χ1) is 8.51. The maximum atomic E-state index is 9.48. The van der Waals surface area contributed by atoms with Crippen molar-refractivity contribution in [3.63, 3.8) is 0 Å². The van der Waals surface area contributed by atoms with Crippen LogP contribution in [0.1, 0.15) is 30.0 Å². The Balaban J connectivity index is 2.68. The van der Waals surface area contributed by atoms with Gasteiger partial charge in [-0.3, -0.25) is 0 Å². The molecule has 1 saturated carbocycles. The molecule has 1 fully saturated rings. The molecule has 0 spiro atoms. The van der Waals surface area contributed by atoms with Crippen molar-refractivity contribution in [2.75, 3.05) is 14.2 Å². The summed E-state index contributed by atoms with van der Waals surface area (Å²) in [5.74, 6) is 2.04. The van der Waals surface area contributed by atoms with E-state index in [1.807, 2.05) is 19.9 Å². The van der Waals surface area contributed by atoms with Gasteiger partial charge in [0.15, 0.2) is 0 Å². The van der Waals surface area contributed by atoms with Crippen LogP contribution < -0.4 is 9.47 Å². The van der Waals surface area contributed by atoms with Gasteiger partial charge >= 0.3 is 0 Å². The van der Waals surface area contributed by atoms with Crippen LogP contribution in [0.15, 0.2) is 6.07 Å². The predicted octanol–water partition coefficient (Wildman–Crippen LogP) is 3.12. The van der Waals surface area contributed by atoms with Crippen molar-refractivity contribution in [2.24, 2.45) is 5.92 Å². The zero-order valence-corrected chi connectivity index (χ0v) is 11.6. The van der Waals surface area contributed by atoms with Crippen LogP contribution in [0.25, 0.3) is 0 Å². The third-order valence-electron chi connectivity index (χ3n) is 4.21. The average molecular weight is 245 g/mol. The Labute approximate surface area is 108 Å². The number of benzene rings is 1. The zero-order chi connectivity index (χ0) is 13.5. The summed E-state index contributed by atoms with van der Waals surface area (Å²) in [4.78, 5) is 0. The number of nitriles is 1. The summed E-state index contributed by atoms with van der Waals surface area (Å²) in [6.07, 6.45) is 0.894. The van der Waals surface area contributed by atoms with Gasteiger partial charge in [-0.1, -0.05) is 6.92 Å². The Morgan fingerprint density at radius 1 is 1.28 bits per heavy atom. The first-order valence-electron chi connectivity index (χ1n) is 6.15. The minimum absolute atomic E-state index is 0.378. The highest BCUT2D eigenvalue weighted by molar-refractivity contribution is 5.59. The van der Waals surface area contributed by atoms with Crippen LogP contribution in [-0.4, -0.2) is 14.2 Å². The maximum absolute atomic E-state index is 9.48. The Morgan fingerprint density at radius 2 is 1.89 bits per heavy atom. The molecule has 0 aromatic heterocycles. The molecule has 1 aliphatic carbocycles. The van der Waals surface area contributed by atoms with E-state index >= 15 is 0 Å². The van der Waals surface area contributed by atoms with Gasteiger partial charge in [0.25, 0.3) is 0 Å². The van der Waals surface area contributed by atoms with Crippen molar-refractivity contribution in [1.82, 2.24) is 0 Å². The molecule has 1 aromatic carbocycles. The second-order valence-electron chi connectivity index (χ2n) is 5.10. The third kappa shape index (κ3) is 1.56. The lowest BCUT2D eigenvalue weighted by Gasteiger charge is -2.19. The molecule has 0 aliphatic heterocycles. The fourth-order valence-corrected chi connectivity index (χ4v) is 2.68. The molecule has 0 saturated heterocycles. The maximum Gasteiger partial charge on any atom is 0.127 e. The molecule has 1 aromatic rings. The van der Waals surface area contributed by atoms with Crippen LogP contribution in [0.5, 0.6) is 11.5 Å². The van der Waals surface area contributed by atoms with Gasteiger partial charge in [-0.15, -0.1) is 0 Å². The lowest BCUT2D eigenvalue weighted by atomic mass is 9.90. The Kier molecular flexibility index (Phi) is 2.98. The quantitative estimate of drug-likeness (QED) is 0.821. The summed E-state index contributed by atoms with van der Waals surface area (Å²) < 4.78 is 10.9. The second-order valence-corrected chi connectivity index (χ2v) is 5.10. The van der Waals surface area contributed by atoms with E-state index in [0.29, 0.717) is 5.92 Å². The number of ether oxygens (including phenoxy) is 2. The number of methoxy groups -OCH3 is 2. The van der Waals surface area contributed by atoms with Crippen LogP contribution in [-0.2, 0) is 5.41 Å². The van der Waals surface area contributed by atoms with E-state index in [1.165, 1.54) is 0 Å². The smallest absolute Gasteiger partial charge is 0.127 e. The highest BCUT2D eigenvalue weighted by atomic mass is 16.5. The van der Waals surface area contributed by atoms with Gasteiger partial charge in [-0.2, -0.15) is 5.26 Å². The number of rotatable bonds is 3. The van der Waals surface area contributed by atoms with Crippen LogP contribution in [0.4, 0.5) is 0 Å². The van der Waals surface area contributed by atoms with Gasteiger partial charge in [0, 0.05) is 5.56 Å². The molecule has 3 heteroatoms. The molecule has 0 bridgehead atoms. The predicted molar refractivity (Wildman–Crippen MR) is 70.1 cm³/mol. The third-order valence-corrected chi connectivity index (χ3v) is 4.21. The normalized spacial score (nSPS) is 25.4. The molecule has 2 unspecified atom stereocenters. The van der Waals surface area contributed by atoms with E-state index in [2.05, 4.69) is 13.0 Å². The zero-order valence-electron chi connectivity index (χ0n) is 11.6. The SMILES string of the molecule is COc1cc(C2(C#N)CC2C)c(OC)c(C)c1C. The van der Waals surface area contributed by atoms with Crippen molar-refractivity contribution in [3.05, 3.63) is 22.8 Å². The summed E-state index contributed by atoms with van der Waals surface area (Å²) in [7, 11) is 3.32. The van der Waals surface area contributed by atoms with Gasteiger partial charge in [0.2, 0.25) is 0 Å². The molecular weight excluding hydrogens is 226 g/mol. The lowest BCUT2D eigenvalue weighted by Crippen LogP contribution is -2.10. The fourth-order valence-electron chi connectivity index (χ4n) is 2.68. The van der Waals surface area contributed by atoms with Crippen molar-refractivity contribution in [2.45, 2.75) is 32.6 Å². The van der Waals surface area contributed by atoms with Gasteiger partial charge in [-0.05, 0) is 43.4 Å². The first-order valence-corrected chi connectivity index (χ1v) is 6.15. The molecular formula is C15H19NO2. The minimum Gasteiger partial charge on any atom is -0.496 e. The standard InChI is InChI=1S/C15H19NO2/c1-9-7-15(9,8-16)12-6-13(17-4)10(2)11(3)14(12)18-5/h6,9H,7H2,1-5H3. The van der Waals surface area contributed by atoms with Crippen molar-refractivity contribution < 1.29 is 9.47 Å². The van der Waals surface area contributed by atoms with Crippen molar-refractivity contribution in [1.29, 1.82) is 5.26 Å². The highest BCUT2D eigenvalue weighted by Crippen LogP contribution is 2.57. The summed E-state index contributed by atoms with van der Waals surface area (Å²) >= 11 is 0. The van der Waals surface area contributed by atoms with Crippen LogP contribution in [0, 0.1) is 31.1 Å². The van der Waals surface area contributed by atoms with Gasteiger partial charge in [0.1, 0.15) is 11.5 Å². The van der Waals surface area contributed by atoms with E-state index in [0.717, 1.165) is 34.6 Å².